The van der Waals surface area contributed by atoms with Crippen LogP contribution in [0.25, 0.3) is 0 Å². The molecule has 0 aliphatic carbocycles. The molecule has 0 fully saturated rings. The van der Waals surface area contributed by atoms with Crippen molar-refractivity contribution in [3.05, 3.63) is 29.8 Å². The molecule has 74 valence electrons. The third-order valence-corrected chi connectivity index (χ3v) is 1.85. The maximum absolute atomic E-state index is 10.7. The summed E-state index contributed by atoms with van der Waals surface area (Å²) < 4.78 is 0. The number of rotatable bonds is 4. The molecule has 0 aromatic heterocycles. The summed E-state index contributed by atoms with van der Waals surface area (Å²) >= 11 is 0. The standard InChI is InChI=1S/C10H10O4/c11-8-4-2-1-3-7(8)5-6-9(12)10(13)14/h1-4,11H,5-6H2,(H,13,14). The summed E-state index contributed by atoms with van der Waals surface area (Å²) in [4.78, 5) is 20.9. The van der Waals surface area contributed by atoms with Crippen molar-refractivity contribution < 1.29 is 19.8 Å². The molecule has 0 bridgehead atoms. The van der Waals surface area contributed by atoms with E-state index in [9.17, 15) is 14.7 Å². The van der Waals surface area contributed by atoms with Crippen LogP contribution in [0, 0.1) is 0 Å². The van der Waals surface area contributed by atoms with Gasteiger partial charge in [0.2, 0.25) is 5.78 Å². The average Bonchev–Trinajstić information content (AvgIpc) is 2.16. The molecule has 0 saturated heterocycles. The minimum atomic E-state index is -1.43. The monoisotopic (exact) mass is 194 g/mol. The smallest absolute Gasteiger partial charge is 0.372 e. The fraction of sp³-hybridized carbons (Fsp3) is 0.200. The van der Waals surface area contributed by atoms with Gasteiger partial charge in [-0.15, -0.1) is 0 Å². The van der Waals surface area contributed by atoms with Crippen LogP contribution in [0.4, 0.5) is 0 Å². The van der Waals surface area contributed by atoms with E-state index in [2.05, 4.69) is 0 Å². The summed E-state index contributed by atoms with van der Waals surface area (Å²) in [6.07, 6.45) is 0.157. The van der Waals surface area contributed by atoms with Gasteiger partial charge in [0.15, 0.2) is 0 Å². The zero-order chi connectivity index (χ0) is 10.6. The Hall–Kier alpha value is -1.84. The fourth-order valence-electron chi connectivity index (χ4n) is 1.08. The van der Waals surface area contributed by atoms with Gasteiger partial charge in [0.25, 0.3) is 0 Å². The van der Waals surface area contributed by atoms with Crippen molar-refractivity contribution in [2.45, 2.75) is 12.8 Å². The van der Waals surface area contributed by atoms with Gasteiger partial charge in [-0.05, 0) is 18.1 Å². The lowest BCUT2D eigenvalue weighted by molar-refractivity contribution is -0.149. The van der Waals surface area contributed by atoms with Crippen LogP contribution in [0.15, 0.2) is 24.3 Å². The largest absolute Gasteiger partial charge is 0.508 e. The van der Waals surface area contributed by atoms with Crippen molar-refractivity contribution in [1.82, 2.24) is 0 Å². The highest BCUT2D eigenvalue weighted by Crippen LogP contribution is 2.17. The number of Topliss-reactive ketones (excluding diaryl/α,β-unsaturated/α-hetero) is 1. The number of aliphatic carboxylic acids is 1. The van der Waals surface area contributed by atoms with Gasteiger partial charge >= 0.3 is 5.97 Å². The first-order chi connectivity index (χ1) is 6.61. The summed E-state index contributed by atoms with van der Waals surface area (Å²) in [7, 11) is 0. The van der Waals surface area contributed by atoms with Crippen LogP contribution >= 0.6 is 0 Å². The lowest BCUT2D eigenvalue weighted by Crippen LogP contribution is -2.12. The summed E-state index contributed by atoms with van der Waals surface area (Å²) in [5.41, 5.74) is 0.585. The number of aromatic hydroxyl groups is 1. The second kappa shape index (κ2) is 4.41. The highest BCUT2D eigenvalue weighted by Gasteiger charge is 2.11. The van der Waals surface area contributed by atoms with E-state index >= 15 is 0 Å². The Bertz CT molecular complexity index is 357. The van der Waals surface area contributed by atoms with Crippen molar-refractivity contribution in [2.75, 3.05) is 0 Å². The Labute approximate surface area is 80.8 Å². The number of phenols is 1. The Balaban J connectivity index is 2.58. The summed E-state index contributed by atoms with van der Waals surface area (Å²) in [5.74, 6) is -2.18. The molecule has 1 rings (SSSR count). The maximum Gasteiger partial charge on any atom is 0.372 e. The van der Waals surface area contributed by atoms with Crippen LogP contribution < -0.4 is 0 Å². The van der Waals surface area contributed by atoms with Crippen molar-refractivity contribution in [3.63, 3.8) is 0 Å². The van der Waals surface area contributed by atoms with E-state index in [1.807, 2.05) is 0 Å². The van der Waals surface area contributed by atoms with E-state index in [0.29, 0.717) is 5.56 Å². The summed E-state index contributed by atoms with van der Waals surface area (Å²) in [6, 6.07) is 6.54. The number of hydrogen-bond donors (Lipinski definition) is 2. The van der Waals surface area contributed by atoms with Crippen LogP contribution in [0.2, 0.25) is 0 Å². The maximum atomic E-state index is 10.7. The van der Waals surface area contributed by atoms with E-state index in [-0.39, 0.29) is 18.6 Å². The number of phenolic OH excluding ortho intramolecular Hbond substituents is 1. The zero-order valence-corrected chi connectivity index (χ0v) is 7.43. The molecule has 0 amide bonds. The number of ketones is 1. The molecule has 4 nitrogen and oxygen atoms in total. The predicted octanol–water partition coefficient (Wildman–Crippen LogP) is 0.978. The van der Waals surface area contributed by atoms with Crippen LogP contribution in [0.5, 0.6) is 5.75 Å². The first-order valence-corrected chi connectivity index (χ1v) is 4.14. The Kier molecular flexibility index (Phi) is 3.23. The highest BCUT2D eigenvalue weighted by molar-refractivity contribution is 6.32. The molecule has 0 unspecified atom stereocenters. The Morgan fingerprint density at radius 1 is 1.21 bits per heavy atom. The van der Waals surface area contributed by atoms with Gasteiger partial charge in [0.1, 0.15) is 5.75 Å². The third-order valence-electron chi connectivity index (χ3n) is 1.85. The number of carboxylic acid groups (broad SMARTS) is 1. The van der Waals surface area contributed by atoms with Crippen LogP contribution in [-0.2, 0) is 16.0 Å². The normalized spacial score (nSPS) is 9.71. The molecule has 14 heavy (non-hydrogen) atoms. The molecule has 0 atom stereocenters. The summed E-state index contributed by atoms with van der Waals surface area (Å²) in [6.45, 7) is 0. The van der Waals surface area contributed by atoms with Crippen molar-refractivity contribution in [3.8, 4) is 5.75 Å². The minimum Gasteiger partial charge on any atom is -0.508 e. The molecule has 0 heterocycles. The van der Waals surface area contributed by atoms with Crippen molar-refractivity contribution in [2.24, 2.45) is 0 Å². The second-order valence-electron chi connectivity index (χ2n) is 2.86. The van der Waals surface area contributed by atoms with E-state index in [4.69, 9.17) is 5.11 Å². The first kappa shape index (κ1) is 10.2. The predicted molar refractivity (Wildman–Crippen MR) is 49.1 cm³/mol. The molecule has 0 aliphatic heterocycles. The number of carboxylic acids is 1. The molecule has 0 spiro atoms. The van der Waals surface area contributed by atoms with Gasteiger partial charge in [0, 0.05) is 6.42 Å². The Morgan fingerprint density at radius 2 is 1.86 bits per heavy atom. The van der Waals surface area contributed by atoms with Crippen LogP contribution in [0.3, 0.4) is 0 Å². The number of hydrogen-bond acceptors (Lipinski definition) is 3. The molecule has 0 saturated carbocycles. The topological polar surface area (TPSA) is 74.6 Å². The molecule has 1 aromatic carbocycles. The van der Waals surface area contributed by atoms with Crippen molar-refractivity contribution >= 4 is 11.8 Å². The number of carbonyl (C=O) groups is 2. The van der Waals surface area contributed by atoms with Gasteiger partial charge < -0.3 is 10.2 Å². The summed E-state index contributed by atoms with van der Waals surface area (Å²) in [5, 5.41) is 17.6. The van der Waals surface area contributed by atoms with E-state index in [1.165, 1.54) is 6.07 Å². The highest BCUT2D eigenvalue weighted by atomic mass is 16.4. The molecular weight excluding hydrogens is 184 g/mol. The first-order valence-electron chi connectivity index (χ1n) is 4.14. The average molecular weight is 194 g/mol. The van der Waals surface area contributed by atoms with E-state index in [0.717, 1.165) is 0 Å². The number of aryl methyl sites for hydroxylation is 1. The lowest BCUT2D eigenvalue weighted by atomic mass is 10.1. The Morgan fingerprint density at radius 3 is 2.43 bits per heavy atom. The zero-order valence-electron chi connectivity index (χ0n) is 7.43. The molecule has 1 aromatic rings. The molecule has 0 aliphatic rings. The van der Waals surface area contributed by atoms with Crippen LogP contribution in [0.1, 0.15) is 12.0 Å². The molecule has 4 heteroatoms. The minimum absolute atomic E-state index is 0.0886. The molecule has 2 N–H and O–H groups in total. The van der Waals surface area contributed by atoms with Gasteiger partial charge in [-0.3, -0.25) is 4.79 Å². The SMILES string of the molecule is O=C(O)C(=O)CCc1ccccc1O. The van der Waals surface area contributed by atoms with Gasteiger partial charge in [-0.1, -0.05) is 18.2 Å². The van der Waals surface area contributed by atoms with Crippen molar-refractivity contribution in [1.29, 1.82) is 0 Å². The number of para-hydroxylation sites is 1. The molecular formula is C10H10O4. The number of benzene rings is 1. The number of carbonyl (C=O) groups excluding carboxylic acids is 1. The van der Waals surface area contributed by atoms with E-state index < -0.39 is 11.8 Å². The van der Waals surface area contributed by atoms with Gasteiger partial charge in [-0.2, -0.15) is 0 Å². The third kappa shape index (κ3) is 2.58. The fourth-order valence-corrected chi connectivity index (χ4v) is 1.08. The second-order valence-corrected chi connectivity index (χ2v) is 2.86. The van der Waals surface area contributed by atoms with Gasteiger partial charge in [-0.25, -0.2) is 4.79 Å². The lowest BCUT2D eigenvalue weighted by Gasteiger charge is -2.01. The quantitative estimate of drug-likeness (QED) is 0.700. The van der Waals surface area contributed by atoms with E-state index in [1.54, 1.807) is 18.2 Å². The van der Waals surface area contributed by atoms with Gasteiger partial charge in [0.05, 0.1) is 0 Å². The molecule has 0 radical (unpaired) electrons. The van der Waals surface area contributed by atoms with Crippen LogP contribution in [-0.4, -0.2) is 22.0 Å².